The molecule has 0 aromatic carbocycles. The molecule has 1 atom stereocenters. The Morgan fingerprint density at radius 1 is 1.55 bits per heavy atom. The van der Waals surface area contributed by atoms with Crippen molar-refractivity contribution in [2.45, 2.75) is 19.5 Å². The van der Waals surface area contributed by atoms with Crippen LogP contribution in [0.4, 0.5) is 0 Å². The van der Waals surface area contributed by atoms with Gasteiger partial charge in [0, 0.05) is 23.7 Å². The molecule has 5 nitrogen and oxygen atoms in total. The van der Waals surface area contributed by atoms with Crippen molar-refractivity contribution in [2.75, 3.05) is 0 Å². The summed E-state index contributed by atoms with van der Waals surface area (Å²) in [5.41, 5.74) is 6.98. The first-order valence-electron chi connectivity index (χ1n) is 6.01. The highest BCUT2D eigenvalue weighted by Gasteiger charge is 2.08. The molecule has 0 aliphatic heterocycles. The average Bonchev–Trinajstić information content (AvgIpc) is 2.91. The molecular formula is C13H15ClN4OS. The van der Waals surface area contributed by atoms with Crippen LogP contribution in [0.15, 0.2) is 35.6 Å². The van der Waals surface area contributed by atoms with Crippen LogP contribution in [0.3, 0.4) is 0 Å². The second kappa shape index (κ2) is 6.69. The molecule has 2 aromatic heterocycles. The first-order valence-corrected chi connectivity index (χ1v) is 7.21. The van der Waals surface area contributed by atoms with Crippen molar-refractivity contribution in [3.8, 4) is 0 Å². The molecule has 0 saturated carbocycles. The Balaban J connectivity index is 2.00. The van der Waals surface area contributed by atoms with Crippen LogP contribution in [0.1, 0.15) is 29.1 Å². The van der Waals surface area contributed by atoms with Gasteiger partial charge in [0.15, 0.2) is 5.84 Å². The van der Waals surface area contributed by atoms with Crippen molar-refractivity contribution in [1.82, 2.24) is 10.3 Å². The fraction of sp³-hybridized carbons (Fsp3) is 0.231. The van der Waals surface area contributed by atoms with Crippen molar-refractivity contribution >= 4 is 28.8 Å². The summed E-state index contributed by atoms with van der Waals surface area (Å²) < 4.78 is 0.784. The molecule has 7 heteroatoms. The predicted molar refractivity (Wildman–Crippen MR) is 81.3 cm³/mol. The highest BCUT2D eigenvalue weighted by molar-refractivity contribution is 7.16. The van der Waals surface area contributed by atoms with Gasteiger partial charge in [-0.3, -0.25) is 4.98 Å². The summed E-state index contributed by atoms with van der Waals surface area (Å²) in [4.78, 5) is 5.22. The van der Waals surface area contributed by atoms with E-state index < -0.39 is 0 Å². The third kappa shape index (κ3) is 3.69. The van der Waals surface area contributed by atoms with Gasteiger partial charge >= 0.3 is 0 Å². The zero-order valence-electron chi connectivity index (χ0n) is 10.9. The average molecular weight is 311 g/mol. The van der Waals surface area contributed by atoms with Gasteiger partial charge in [-0.2, -0.15) is 0 Å². The number of thiophene rings is 1. The summed E-state index contributed by atoms with van der Waals surface area (Å²) >= 11 is 7.49. The molecule has 106 valence electrons. The van der Waals surface area contributed by atoms with E-state index in [9.17, 15) is 0 Å². The number of oxime groups is 1. The fourth-order valence-electron chi connectivity index (χ4n) is 1.71. The van der Waals surface area contributed by atoms with Gasteiger partial charge in [0.05, 0.1) is 4.34 Å². The van der Waals surface area contributed by atoms with E-state index in [2.05, 4.69) is 22.4 Å². The van der Waals surface area contributed by atoms with Crippen LogP contribution in [0.2, 0.25) is 4.34 Å². The van der Waals surface area contributed by atoms with E-state index in [0.29, 0.717) is 12.2 Å². The minimum Gasteiger partial charge on any atom is -0.409 e. The second-order valence-corrected chi connectivity index (χ2v) is 6.03. The molecular weight excluding hydrogens is 296 g/mol. The highest BCUT2D eigenvalue weighted by atomic mass is 35.5. The van der Waals surface area contributed by atoms with Gasteiger partial charge in [0.25, 0.3) is 0 Å². The molecule has 0 fully saturated rings. The molecule has 0 spiro atoms. The number of amidine groups is 1. The standard InChI is InChI=1S/C13H15ClN4OS/c1-8(11-2-3-12(14)20-11)17-7-9-4-5-16-10(6-9)13(15)18-19/h2-6,8,17,19H,7H2,1H3,(H2,15,18). The van der Waals surface area contributed by atoms with Crippen molar-refractivity contribution in [1.29, 1.82) is 0 Å². The lowest BCUT2D eigenvalue weighted by molar-refractivity contribution is 0.318. The zero-order chi connectivity index (χ0) is 14.5. The molecule has 0 aliphatic carbocycles. The Hall–Kier alpha value is -1.63. The fourth-order valence-corrected chi connectivity index (χ4v) is 2.80. The lowest BCUT2D eigenvalue weighted by Gasteiger charge is -2.12. The number of rotatable bonds is 5. The highest BCUT2D eigenvalue weighted by Crippen LogP contribution is 2.26. The van der Waals surface area contributed by atoms with Crippen LogP contribution in [-0.4, -0.2) is 16.0 Å². The molecule has 2 rings (SSSR count). The van der Waals surface area contributed by atoms with Crippen molar-refractivity contribution in [3.05, 3.63) is 50.9 Å². The SMILES string of the molecule is CC(NCc1ccnc(C(N)=NO)c1)c1ccc(Cl)s1. The lowest BCUT2D eigenvalue weighted by atomic mass is 10.2. The molecule has 0 saturated heterocycles. The second-order valence-electron chi connectivity index (χ2n) is 4.28. The Morgan fingerprint density at radius 2 is 2.35 bits per heavy atom. The molecule has 20 heavy (non-hydrogen) atoms. The largest absolute Gasteiger partial charge is 0.409 e. The monoisotopic (exact) mass is 310 g/mol. The van der Waals surface area contributed by atoms with Crippen molar-refractivity contribution < 1.29 is 5.21 Å². The van der Waals surface area contributed by atoms with E-state index in [1.807, 2.05) is 18.2 Å². The van der Waals surface area contributed by atoms with Gasteiger partial charge in [-0.1, -0.05) is 16.8 Å². The van der Waals surface area contributed by atoms with E-state index in [0.717, 1.165) is 9.90 Å². The lowest BCUT2D eigenvalue weighted by Crippen LogP contribution is -2.19. The number of pyridine rings is 1. The molecule has 2 heterocycles. The van der Waals surface area contributed by atoms with Crippen LogP contribution in [-0.2, 0) is 6.54 Å². The van der Waals surface area contributed by atoms with Crippen molar-refractivity contribution in [3.63, 3.8) is 0 Å². The van der Waals surface area contributed by atoms with Gasteiger partial charge in [0.2, 0.25) is 0 Å². The minimum absolute atomic E-state index is 0.00457. The summed E-state index contributed by atoms with van der Waals surface area (Å²) in [5.74, 6) is 0.00457. The van der Waals surface area contributed by atoms with Gasteiger partial charge in [-0.05, 0) is 36.8 Å². The number of halogens is 1. The normalized spacial score (nSPS) is 13.4. The molecule has 0 aliphatic rings. The third-order valence-electron chi connectivity index (χ3n) is 2.83. The summed E-state index contributed by atoms with van der Waals surface area (Å²) in [6.45, 7) is 2.73. The van der Waals surface area contributed by atoms with Gasteiger partial charge in [-0.25, -0.2) is 0 Å². The minimum atomic E-state index is 0.00457. The molecule has 4 N–H and O–H groups in total. The van der Waals surface area contributed by atoms with Crippen LogP contribution < -0.4 is 11.1 Å². The van der Waals surface area contributed by atoms with Gasteiger partial charge in [-0.15, -0.1) is 11.3 Å². The quantitative estimate of drug-likeness (QED) is 0.343. The van der Waals surface area contributed by atoms with Gasteiger partial charge < -0.3 is 16.3 Å². The zero-order valence-corrected chi connectivity index (χ0v) is 12.4. The van der Waals surface area contributed by atoms with E-state index in [1.165, 1.54) is 4.88 Å². The number of aromatic nitrogens is 1. The smallest absolute Gasteiger partial charge is 0.188 e. The number of hydrogen-bond acceptors (Lipinski definition) is 5. The first-order chi connectivity index (χ1) is 9.60. The number of nitrogens with one attached hydrogen (secondary N) is 1. The van der Waals surface area contributed by atoms with Crippen LogP contribution in [0.25, 0.3) is 0 Å². The number of nitrogens with two attached hydrogens (primary N) is 1. The summed E-state index contributed by atoms with van der Waals surface area (Å²) in [5, 5.41) is 15.0. The predicted octanol–water partition coefficient (Wildman–Crippen LogP) is 2.74. The molecule has 0 amide bonds. The topological polar surface area (TPSA) is 83.5 Å². The molecule has 1 unspecified atom stereocenters. The van der Waals surface area contributed by atoms with Crippen LogP contribution in [0, 0.1) is 0 Å². The maximum Gasteiger partial charge on any atom is 0.188 e. The maximum absolute atomic E-state index is 8.64. The number of nitrogens with zero attached hydrogens (tertiary/aromatic N) is 2. The Labute approximate surface area is 126 Å². The van der Waals surface area contributed by atoms with E-state index in [1.54, 1.807) is 23.6 Å². The number of hydrogen-bond donors (Lipinski definition) is 3. The van der Waals surface area contributed by atoms with E-state index >= 15 is 0 Å². The maximum atomic E-state index is 8.64. The van der Waals surface area contributed by atoms with Crippen LogP contribution >= 0.6 is 22.9 Å². The molecule has 0 bridgehead atoms. The van der Waals surface area contributed by atoms with E-state index in [4.69, 9.17) is 22.5 Å². The Morgan fingerprint density at radius 3 is 3.00 bits per heavy atom. The van der Waals surface area contributed by atoms with Crippen LogP contribution in [0.5, 0.6) is 0 Å². The third-order valence-corrected chi connectivity index (χ3v) is 4.24. The Bertz CT molecular complexity index is 614. The Kier molecular flexibility index (Phi) is 4.94. The molecule has 0 radical (unpaired) electrons. The van der Waals surface area contributed by atoms with E-state index in [-0.39, 0.29) is 11.9 Å². The first kappa shape index (κ1) is 14.8. The summed E-state index contributed by atoms with van der Waals surface area (Å²) in [7, 11) is 0. The molecule has 2 aromatic rings. The summed E-state index contributed by atoms with van der Waals surface area (Å²) in [6, 6.07) is 7.78. The van der Waals surface area contributed by atoms with Gasteiger partial charge in [0.1, 0.15) is 5.69 Å². The van der Waals surface area contributed by atoms with Crippen molar-refractivity contribution in [2.24, 2.45) is 10.9 Å². The summed E-state index contributed by atoms with van der Waals surface area (Å²) in [6.07, 6.45) is 1.64.